The van der Waals surface area contributed by atoms with E-state index < -0.39 is 0 Å². The van der Waals surface area contributed by atoms with Gasteiger partial charge in [0.1, 0.15) is 5.75 Å². The van der Waals surface area contributed by atoms with Crippen molar-refractivity contribution in [2.75, 3.05) is 6.61 Å². The molecule has 2 aromatic carbocycles. The lowest BCUT2D eigenvalue weighted by Crippen LogP contribution is -2.29. The Balaban J connectivity index is 1.57. The summed E-state index contributed by atoms with van der Waals surface area (Å²) in [6.45, 7) is 0.0252. The number of rotatable bonds is 6. The van der Waals surface area contributed by atoms with Gasteiger partial charge in [-0.05, 0) is 46.8 Å². The molecule has 0 aliphatic heterocycles. The molecule has 0 radical (unpaired) electrons. The summed E-state index contributed by atoms with van der Waals surface area (Å²) < 4.78 is 7.90. The van der Waals surface area contributed by atoms with Gasteiger partial charge in [0.2, 0.25) is 0 Å². The van der Waals surface area contributed by atoms with Gasteiger partial charge in [-0.3, -0.25) is 4.79 Å². The quantitative estimate of drug-likeness (QED) is 0.660. The van der Waals surface area contributed by atoms with Crippen LogP contribution in [0.4, 0.5) is 0 Å². The zero-order chi connectivity index (χ0) is 17.6. The van der Waals surface area contributed by atoms with Crippen LogP contribution in [0.1, 0.15) is 5.82 Å². The highest BCUT2D eigenvalue weighted by Gasteiger charge is 2.11. The van der Waals surface area contributed by atoms with Crippen LogP contribution in [-0.2, 0) is 11.3 Å². The summed E-state index contributed by atoms with van der Waals surface area (Å²) in [5, 5.41) is 14.7. The molecule has 0 spiro atoms. The van der Waals surface area contributed by atoms with Crippen molar-refractivity contribution in [1.29, 1.82) is 0 Å². The first-order chi connectivity index (χ1) is 12.1. The van der Waals surface area contributed by atoms with E-state index >= 15 is 0 Å². The summed E-state index contributed by atoms with van der Waals surface area (Å²) in [4.78, 5) is 12.0. The Hall–Kier alpha value is -2.45. The average molecular weight is 423 g/mol. The summed E-state index contributed by atoms with van der Waals surface area (Å²) >= 11 is 9.35. The molecule has 1 N–H and O–H groups in total. The van der Waals surface area contributed by atoms with E-state index in [2.05, 4.69) is 36.8 Å². The lowest BCUT2D eigenvalue weighted by molar-refractivity contribution is -0.123. The molecule has 0 saturated heterocycles. The van der Waals surface area contributed by atoms with Gasteiger partial charge in [-0.2, -0.15) is 4.68 Å². The molecule has 1 heterocycles. The molecule has 1 aromatic heterocycles. The maximum atomic E-state index is 12.0. The number of halogens is 2. The Labute approximate surface area is 157 Å². The van der Waals surface area contributed by atoms with E-state index in [0.29, 0.717) is 16.6 Å². The second kappa shape index (κ2) is 8.09. The highest BCUT2D eigenvalue weighted by Crippen LogP contribution is 2.22. The number of hydrogen-bond donors (Lipinski definition) is 1. The lowest BCUT2D eigenvalue weighted by Gasteiger charge is -2.09. The molecular formula is C16H13BrClN5O2. The van der Waals surface area contributed by atoms with Crippen LogP contribution in [0.15, 0.2) is 53.0 Å². The van der Waals surface area contributed by atoms with Gasteiger partial charge in [-0.25, -0.2) is 0 Å². The van der Waals surface area contributed by atoms with Gasteiger partial charge >= 0.3 is 0 Å². The number of tetrazole rings is 1. The van der Waals surface area contributed by atoms with Crippen LogP contribution < -0.4 is 10.1 Å². The second-order valence-electron chi connectivity index (χ2n) is 4.98. The Bertz CT molecular complexity index is 869. The third-order valence-electron chi connectivity index (χ3n) is 3.24. The molecular weight excluding hydrogens is 410 g/mol. The molecule has 3 rings (SSSR count). The summed E-state index contributed by atoms with van der Waals surface area (Å²) in [6, 6.07) is 14.5. The van der Waals surface area contributed by atoms with Crippen LogP contribution in [-0.4, -0.2) is 32.7 Å². The number of para-hydroxylation sites is 1. The Morgan fingerprint density at radius 1 is 1.20 bits per heavy atom. The number of benzene rings is 2. The number of ether oxygens (including phenoxy) is 1. The summed E-state index contributed by atoms with van der Waals surface area (Å²) in [6.07, 6.45) is 0. The highest BCUT2D eigenvalue weighted by atomic mass is 79.9. The number of carbonyl (C=O) groups is 1. The predicted octanol–water partition coefficient (Wildman–Crippen LogP) is 2.77. The van der Waals surface area contributed by atoms with Crippen molar-refractivity contribution in [1.82, 2.24) is 25.5 Å². The monoisotopic (exact) mass is 421 g/mol. The Morgan fingerprint density at radius 3 is 2.72 bits per heavy atom. The van der Waals surface area contributed by atoms with E-state index in [0.717, 1.165) is 10.2 Å². The van der Waals surface area contributed by atoms with Gasteiger partial charge in [0.15, 0.2) is 12.4 Å². The second-order valence-corrected chi connectivity index (χ2v) is 6.30. The summed E-state index contributed by atoms with van der Waals surface area (Å²) in [5.74, 6) is 0.665. The van der Waals surface area contributed by atoms with Crippen molar-refractivity contribution in [2.24, 2.45) is 0 Å². The molecule has 3 aromatic rings. The van der Waals surface area contributed by atoms with Gasteiger partial charge in [0.25, 0.3) is 5.91 Å². The molecule has 9 heteroatoms. The van der Waals surface area contributed by atoms with Crippen molar-refractivity contribution < 1.29 is 9.53 Å². The average Bonchev–Trinajstić information content (AvgIpc) is 3.08. The SMILES string of the molecule is O=C(COc1ccccc1Cl)NCc1nnnn1-c1ccc(Br)cc1. The van der Waals surface area contributed by atoms with E-state index in [9.17, 15) is 4.79 Å². The van der Waals surface area contributed by atoms with Gasteiger partial charge in [0, 0.05) is 4.47 Å². The van der Waals surface area contributed by atoms with Crippen LogP contribution in [0, 0.1) is 0 Å². The minimum atomic E-state index is -0.301. The zero-order valence-corrected chi connectivity index (χ0v) is 15.2. The van der Waals surface area contributed by atoms with E-state index in [1.165, 1.54) is 0 Å². The maximum Gasteiger partial charge on any atom is 0.258 e. The van der Waals surface area contributed by atoms with Crippen molar-refractivity contribution >= 4 is 33.4 Å². The molecule has 0 aliphatic rings. The van der Waals surface area contributed by atoms with Gasteiger partial charge in [0.05, 0.1) is 17.3 Å². The van der Waals surface area contributed by atoms with Crippen LogP contribution in [0.3, 0.4) is 0 Å². The summed E-state index contributed by atoms with van der Waals surface area (Å²) in [7, 11) is 0. The number of amides is 1. The third-order valence-corrected chi connectivity index (χ3v) is 4.09. The number of hydrogen-bond acceptors (Lipinski definition) is 5. The molecule has 1 amide bonds. The van der Waals surface area contributed by atoms with Crippen LogP contribution in [0.25, 0.3) is 5.69 Å². The maximum absolute atomic E-state index is 12.0. The first-order valence-corrected chi connectivity index (χ1v) is 8.48. The molecule has 7 nitrogen and oxygen atoms in total. The smallest absolute Gasteiger partial charge is 0.258 e. The first kappa shape index (κ1) is 17.4. The zero-order valence-electron chi connectivity index (χ0n) is 12.9. The van der Waals surface area contributed by atoms with Crippen molar-refractivity contribution in [3.8, 4) is 11.4 Å². The fourth-order valence-electron chi connectivity index (χ4n) is 2.03. The molecule has 0 bridgehead atoms. The highest BCUT2D eigenvalue weighted by molar-refractivity contribution is 9.10. The Morgan fingerprint density at radius 2 is 1.96 bits per heavy atom. The van der Waals surface area contributed by atoms with E-state index in [4.69, 9.17) is 16.3 Å². The molecule has 128 valence electrons. The molecule has 0 fully saturated rings. The molecule has 0 aliphatic carbocycles. The number of nitrogens with zero attached hydrogens (tertiary/aromatic N) is 4. The van der Waals surface area contributed by atoms with Crippen LogP contribution in [0.5, 0.6) is 5.75 Å². The number of nitrogens with one attached hydrogen (secondary N) is 1. The first-order valence-electron chi connectivity index (χ1n) is 7.31. The Kier molecular flexibility index (Phi) is 5.62. The van der Waals surface area contributed by atoms with Gasteiger partial charge in [-0.15, -0.1) is 5.10 Å². The van der Waals surface area contributed by atoms with Crippen molar-refractivity contribution in [3.05, 3.63) is 63.9 Å². The van der Waals surface area contributed by atoms with E-state index in [1.807, 2.05) is 24.3 Å². The fraction of sp³-hybridized carbons (Fsp3) is 0.125. The molecule has 25 heavy (non-hydrogen) atoms. The van der Waals surface area contributed by atoms with E-state index in [1.54, 1.807) is 28.9 Å². The van der Waals surface area contributed by atoms with Gasteiger partial charge in [-0.1, -0.05) is 39.7 Å². The predicted molar refractivity (Wildman–Crippen MR) is 95.6 cm³/mol. The topological polar surface area (TPSA) is 81.9 Å². The molecule has 0 saturated carbocycles. The third kappa shape index (κ3) is 4.55. The van der Waals surface area contributed by atoms with Gasteiger partial charge < -0.3 is 10.1 Å². The fourth-order valence-corrected chi connectivity index (χ4v) is 2.49. The normalized spacial score (nSPS) is 10.5. The van der Waals surface area contributed by atoms with Crippen LogP contribution in [0.2, 0.25) is 5.02 Å². The summed E-state index contributed by atoms with van der Waals surface area (Å²) in [5.41, 5.74) is 0.796. The largest absolute Gasteiger partial charge is 0.482 e. The standard InChI is InChI=1S/C16H13BrClN5O2/c17-11-5-7-12(8-6-11)23-15(20-21-22-23)9-19-16(24)10-25-14-4-2-1-3-13(14)18/h1-8H,9-10H2,(H,19,24). The molecule has 0 unspecified atom stereocenters. The number of aromatic nitrogens is 4. The number of carbonyl (C=O) groups excluding carboxylic acids is 1. The van der Waals surface area contributed by atoms with Crippen molar-refractivity contribution in [2.45, 2.75) is 6.54 Å². The van der Waals surface area contributed by atoms with Crippen LogP contribution >= 0.6 is 27.5 Å². The lowest BCUT2D eigenvalue weighted by atomic mass is 10.3. The minimum Gasteiger partial charge on any atom is -0.482 e. The minimum absolute atomic E-state index is 0.149. The van der Waals surface area contributed by atoms with Crippen molar-refractivity contribution in [3.63, 3.8) is 0 Å². The molecule has 0 atom stereocenters. The van der Waals surface area contributed by atoms with E-state index in [-0.39, 0.29) is 19.1 Å².